The van der Waals surface area contributed by atoms with Crippen molar-refractivity contribution in [3.63, 3.8) is 0 Å². The Morgan fingerprint density at radius 1 is 0.750 bits per heavy atom. The third-order valence-corrected chi connectivity index (χ3v) is 7.62. The van der Waals surface area contributed by atoms with Crippen LogP contribution in [-0.4, -0.2) is 9.65 Å². The molecule has 2 heteroatoms. The maximum absolute atomic E-state index is 3.84. The molecule has 0 spiro atoms. The van der Waals surface area contributed by atoms with Crippen LogP contribution in [0.2, 0.25) is 0 Å². The molecule has 0 heterocycles. The maximum atomic E-state index is 3.84. The van der Waals surface area contributed by atoms with E-state index in [0.717, 1.165) is 11.8 Å². The summed E-state index contributed by atoms with van der Waals surface area (Å²) in [6, 6.07) is 8.98. The molecule has 0 aromatic heterocycles. The molecule has 0 unspecified atom stereocenters. The molecule has 2 bridgehead atoms. The topological polar surface area (TPSA) is 0 Å². The fourth-order valence-electron chi connectivity index (χ4n) is 3.81. The summed E-state index contributed by atoms with van der Waals surface area (Å²) in [6.45, 7) is 0. The number of halogens is 2. The van der Waals surface area contributed by atoms with Crippen molar-refractivity contribution in [2.45, 2.75) is 21.5 Å². The molecule has 0 saturated heterocycles. The second-order valence-electron chi connectivity index (χ2n) is 5.11. The van der Waals surface area contributed by atoms with Gasteiger partial charge in [-0.25, -0.2) is 0 Å². The lowest BCUT2D eigenvalue weighted by atomic mass is 9.51. The molecule has 0 N–H and O–H groups in total. The van der Waals surface area contributed by atoms with Crippen molar-refractivity contribution >= 4 is 31.9 Å². The van der Waals surface area contributed by atoms with E-state index in [0.29, 0.717) is 21.5 Å². The van der Waals surface area contributed by atoms with Crippen LogP contribution in [0.5, 0.6) is 0 Å². The number of alkyl halides is 2. The molecule has 0 amide bonds. The first-order valence-electron chi connectivity index (χ1n) is 5.84. The summed E-state index contributed by atoms with van der Waals surface area (Å²) < 4.78 is 0. The molecule has 4 aliphatic rings. The molecule has 4 aliphatic carbocycles. The van der Waals surface area contributed by atoms with Gasteiger partial charge >= 0.3 is 0 Å². The van der Waals surface area contributed by atoms with Crippen molar-refractivity contribution in [2.75, 3.05) is 0 Å². The zero-order valence-electron chi connectivity index (χ0n) is 8.68. The largest absolute Gasteiger partial charge is 0.0875 e. The number of rotatable bonds is 0. The Labute approximate surface area is 112 Å². The summed E-state index contributed by atoms with van der Waals surface area (Å²) in [5, 5.41) is 0. The zero-order chi connectivity index (χ0) is 10.9. The lowest BCUT2D eigenvalue weighted by Crippen LogP contribution is -2.57. The summed E-state index contributed by atoms with van der Waals surface area (Å²) in [7, 11) is 0. The van der Waals surface area contributed by atoms with Gasteiger partial charge in [0.05, 0.1) is 0 Å². The van der Waals surface area contributed by atoms with Gasteiger partial charge in [0.1, 0.15) is 0 Å². The molecule has 6 atom stereocenters. The highest BCUT2D eigenvalue weighted by atomic mass is 79.9. The highest BCUT2D eigenvalue weighted by molar-refractivity contribution is 9.12. The van der Waals surface area contributed by atoms with Gasteiger partial charge in [-0.1, -0.05) is 68.3 Å². The van der Waals surface area contributed by atoms with Crippen LogP contribution in [0.25, 0.3) is 0 Å². The van der Waals surface area contributed by atoms with Gasteiger partial charge in [0.25, 0.3) is 0 Å². The van der Waals surface area contributed by atoms with Gasteiger partial charge in [-0.3, -0.25) is 0 Å². The minimum Gasteiger partial charge on any atom is -0.0875 e. The van der Waals surface area contributed by atoms with E-state index in [1.54, 1.807) is 11.1 Å². The standard InChI is InChI=1S/C14H12Br2/c15-13-11-9-5-6-10(12(11)14(13)16)8-4-2-1-3-7(8)9/h1-6,9-14H/t9-,10+,11-,12-,13+,14-/m1/s1. The number of hydrogen-bond acceptors (Lipinski definition) is 0. The Kier molecular flexibility index (Phi) is 2.00. The van der Waals surface area contributed by atoms with Gasteiger partial charge in [0.15, 0.2) is 0 Å². The van der Waals surface area contributed by atoms with Crippen molar-refractivity contribution in [3.8, 4) is 0 Å². The van der Waals surface area contributed by atoms with Crippen molar-refractivity contribution in [2.24, 2.45) is 11.8 Å². The fraction of sp³-hybridized carbons (Fsp3) is 0.429. The van der Waals surface area contributed by atoms with E-state index in [9.17, 15) is 0 Å². The van der Waals surface area contributed by atoms with Gasteiger partial charge in [0, 0.05) is 21.5 Å². The van der Waals surface area contributed by atoms with Gasteiger partial charge in [-0.15, -0.1) is 0 Å². The average molecular weight is 340 g/mol. The summed E-state index contributed by atoms with van der Waals surface area (Å²) >= 11 is 7.68. The SMILES string of the molecule is Br[C@@H]1[C@H](Br)[C@H]2[C@H]1[C@@H]1C=C[C@H]2c2ccccc21. The van der Waals surface area contributed by atoms with Crippen LogP contribution in [0.1, 0.15) is 23.0 Å². The molecule has 1 aromatic carbocycles. The third kappa shape index (κ3) is 1.01. The summed E-state index contributed by atoms with van der Waals surface area (Å²) in [5.41, 5.74) is 3.14. The van der Waals surface area contributed by atoms with E-state index >= 15 is 0 Å². The molecular weight excluding hydrogens is 328 g/mol. The van der Waals surface area contributed by atoms with E-state index in [2.05, 4.69) is 68.3 Å². The first kappa shape index (κ1) is 9.90. The monoisotopic (exact) mass is 338 g/mol. The first-order chi connectivity index (χ1) is 7.79. The van der Waals surface area contributed by atoms with Crippen LogP contribution in [-0.2, 0) is 0 Å². The average Bonchev–Trinajstić information content (AvgIpc) is 2.37. The van der Waals surface area contributed by atoms with Crippen molar-refractivity contribution in [1.82, 2.24) is 0 Å². The number of hydrogen-bond donors (Lipinski definition) is 0. The molecule has 0 nitrogen and oxygen atoms in total. The van der Waals surface area contributed by atoms with Crippen LogP contribution >= 0.6 is 31.9 Å². The summed E-state index contributed by atoms with van der Waals surface area (Å²) in [4.78, 5) is 1.28. The van der Waals surface area contributed by atoms with Crippen LogP contribution in [0.15, 0.2) is 36.4 Å². The van der Waals surface area contributed by atoms with Crippen LogP contribution in [0.4, 0.5) is 0 Å². The molecule has 1 saturated carbocycles. The quantitative estimate of drug-likeness (QED) is 0.490. The van der Waals surface area contributed by atoms with Crippen molar-refractivity contribution in [3.05, 3.63) is 47.5 Å². The van der Waals surface area contributed by atoms with Crippen molar-refractivity contribution in [1.29, 1.82) is 0 Å². The molecule has 0 aliphatic heterocycles. The van der Waals surface area contributed by atoms with Gasteiger partial charge in [-0.2, -0.15) is 0 Å². The van der Waals surface area contributed by atoms with Crippen LogP contribution in [0, 0.1) is 11.8 Å². The summed E-state index contributed by atoms with van der Waals surface area (Å²) in [5.74, 6) is 2.89. The van der Waals surface area contributed by atoms with Crippen LogP contribution < -0.4 is 0 Å². The molecule has 82 valence electrons. The molecule has 0 radical (unpaired) electrons. The van der Waals surface area contributed by atoms with Crippen LogP contribution in [0.3, 0.4) is 0 Å². The number of benzene rings is 1. The predicted molar refractivity (Wildman–Crippen MR) is 73.5 cm³/mol. The van der Waals surface area contributed by atoms with E-state index < -0.39 is 0 Å². The van der Waals surface area contributed by atoms with Crippen molar-refractivity contribution < 1.29 is 0 Å². The molecule has 1 aromatic rings. The van der Waals surface area contributed by atoms with Gasteiger partial charge in [0.2, 0.25) is 0 Å². The Morgan fingerprint density at radius 3 is 1.62 bits per heavy atom. The predicted octanol–water partition coefficient (Wildman–Crippen LogP) is 4.21. The molecule has 16 heavy (non-hydrogen) atoms. The van der Waals surface area contributed by atoms with Gasteiger partial charge < -0.3 is 0 Å². The molecule has 5 rings (SSSR count). The zero-order valence-corrected chi connectivity index (χ0v) is 11.9. The van der Waals surface area contributed by atoms with Gasteiger partial charge in [-0.05, 0) is 23.0 Å². The highest BCUT2D eigenvalue weighted by Gasteiger charge is 2.58. The fourth-order valence-corrected chi connectivity index (χ4v) is 5.88. The Hall–Kier alpha value is -0.0800. The lowest BCUT2D eigenvalue weighted by molar-refractivity contribution is 0.144. The Balaban J connectivity index is 1.90. The first-order valence-corrected chi connectivity index (χ1v) is 7.67. The summed E-state index contributed by atoms with van der Waals surface area (Å²) in [6.07, 6.45) is 4.86. The Bertz CT molecular complexity index is 436. The normalized spacial score (nSPS) is 47.1. The minimum absolute atomic E-state index is 0.642. The maximum Gasteiger partial charge on any atom is 0.0314 e. The third-order valence-electron chi connectivity index (χ3n) is 4.55. The second kappa shape index (κ2) is 3.23. The van der Waals surface area contributed by atoms with E-state index in [-0.39, 0.29) is 0 Å². The molecular formula is C14H12Br2. The lowest BCUT2D eigenvalue weighted by Gasteiger charge is -2.58. The minimum atomic E-state index is 0.642. The van der Waals surface area contributed by atoms with E-state index in [1.807, 2.05) is 0 Å². The Morgan fingerprint density at radius 2 is 1.19 bits per heavy atom. The second-order valence-corrected chi connectivity index (χ2v) is 7.22. The molecule has 1 fully saturated rings. The highest BCUT2D eigenvalue weighted by Crippen LogP contribution is 2.63. The smallest absolute Gasteiger partial charge is 0.0314 e. The van der Waals surface area contributed by atoms with E-state index in [1.165, 1.54) is 0 Å². The van der Waals surface area contributed by atoms with E-state index in [4.69, 9.17) is 0 Å². The number of allylic oxidation sites excluding steroid dienone is 2.